The molecule has 0 aromatic heterocycles. The zero-order chi connectivity index (χ0) is 7.84. The van der Waals surface area contributed by atoms with Crippen molar-refractivity contribution in [1.29, 1.82) is 0 Å². The van der Waals surface area contributed by atoms with E-state index < -0.39 is 0 Å². The second kappa shape index (κ2) is 2.24. The Bertz CT molecular complexity index is 281. The van der Waals surface area contributed by atoms with E-state index in [0.717, 1.165) is 0 Å². The maximum absolute atomic E-state index is 3.16. The molecule has 2 heteroatoms. The van der Waals surface area contributed by atoms with Crippen LogP contribution in [0, 0.1) is 6.92 Å². The van der Waals surface area contributed by atoms with Gasteiger partial charge in [-0.25, -0.2) is 5.43 Å². The molecule has 1 atom stereocenters. The third kappa shape index (κ3) is 0.994. The summed E-state index contributed by atoms with van der Waals surface area (Å²) in [5, 5.41) is 0. The summed E-state index contributed by atoms with van der Waals surface area (Å²) >= 11 is 0. The molecular weight excluding hydrogens is 136 g/mol. The third-order valence-electron chi connectivity index (χ3n) is 2.10. The number of aryl methyl sites for hydroxylation is 1. The summed E-state index contributed by atoms with van der Waals surface area (Å²) < 4.78 is 0. The normalized spacial score (nSPS) is 21.1. The first-order chi connectivity index (χ1) is 5.27. The Labute approximate surface area is 66.6 Å². The van der Waals surface area contributed by atoms with Crippen LogP contribution < -0.4 is 10.9 Å². The van der Waals surface area contributed by atoms with Crippen molar-refractivity contribution >= 4 is 5.69 Å². The molecule has 0 fully saturated rings. The standard InChI is InChI=1S/C9H12N2/c1-6-3-4-9-8(5-6)7(2)10-11-9/h3-5,7,10-11H,1-2H3. The second-order valence-electron chi connectivity index (χ2n) is 3.08. The van der Waals surface area contributed by atoms with E-state index in [1.165, 1.54) is 16.8 Å². The molecule has 0 bridgehead atoms. The lowest BCUT2D eigenvalue weighted by Crippen LogP contribution is -2.15. The van der Waals surface area contributed by atoms with Crippen molar-refractivity contribution in [3.8, 4) is 0 Å². The lowest BCUT2D eigenvalue weighted by Gasteiger charge is -2.01. The minimum Gasteiger partial charge on any atom is -0.321 e. The van der Waals surface area contributed by atoms with Crippen molar-refractivity contribution in [2.75, 3.05) is 5.43 Å². The molecule has 1 aliphatic rings. The molecule has 1 aliphatic heterocycles. The van der Waals surface area contributed by atoms with Crippen molar-refractivity contribution in [2.24, 2.45) is 0 Å². The van der Waals surface area contributed by atoms with E-state index >= 15 is 0 Å². The molecule has 2 nitrogen and oxygen atoms in total. The van der Waals surface area contributed by atoms with Crippen LogP contribution in [0.25, 0.3) is 0 Å². The Hall–Kier alpha value is -1.02. The van der Waals surface area contributed by atoms with Crippen molar-refractivity contribution in [2.45, 2.75) is 19.9 Å². The monoisotopic (exact) mass is 148 g/mol. The Morgan fingerprint density at radius 2 is 2.18 bits per heavy atom. The molecule has 0 aliphatic carbocycles. The summed E-state index contributed by atoms with van der Waals surface area (Å²) in [7, 11) is 0. The average Bonchev–Trinajstić information content (AvgIpc) is 2.33. The Balaban J connectivity index is 2.52. The van der Waals surface area contributed by atoms with Gasteiger partial charge in [0.05, 0.1) is 11.7 Å². The molecule has 2 N–H and O–H groups in total. The fourth-order valence-electron chi connectivity index (χ4n) is 1.42. The van der Waals surface area contributed by atoms with Gasteiger partial charge in [-0.3, -0.25) is 0 Å². The molecule has 0 saturated heterocycles. The van der Waals surface area contributed by atoms with Gasteiger partial charge in [0.2, 0.25) is 0 Å². The number of nitrogens with one attached hydrogen (secondary N) is 2. The van der Waals surface area contributed by atoms with E-state index in [4.69, 9.17) is 0 Å². The first-order valence-corrected chi connectivity index (χ1v) is 3.89. The summed E-state index contributed by atoms with van der Waals surface area (Å²) in [5.41, 5.74) is 10.2. The van der Waals surface area contributed by atoms with Crippen molar-refractivity contribution < 1.29 is 0 Å². The smallest absolute Gasteiger partial charge is 0.0536 e. The highest BCUT2D eigenvalue weighted by Crippen LogP contribution is 2.27. The van der Waals surface area contributed by atoms with Crippen LogP contribution in [0.5, 0.6) is 0 Å². The van der Waals surface area contributed by atoms with E-state index in [1.807, 2.05) is 0 Å². The average molecular weight is 148 g/mol. The van der Waals surface area contributed by atoms with Gasteiger partial charge in [0, 0.05) is 0 Å². The number of anilines is 1. The highest BCUT2D eigenvalue weighted by atomic mass is 15.4. The molecule has 0 spiro atoms. The number of benzene rings is 1. The van der Waals surface area contributed by atoms with Crippen molar-refractivity contribution in [1.82, 2.24) is 5.43 Å². The molecule has 1 aromatic carbocycles. The van der Waals surface area contributed by atoms with Crippen LogP contribution >= 0.6 is 0 Å². The number of rotatable bonds is 0. The predicted octanol–water partition coefficient (Wildman–Crippen LogP) is 1.99. The van der Waals surface area contributed by atoms with Crippen LogP contribution in [0.2, 0.25) is 0 Å². The summed E-state index contributed by atoms with van der Waals surface area (Å²) in [5.74, 6) is 0. The molecule has 0 saturated carbocycles. The van der Waals surface area contributed by atoms with Gasteiger partial charge in [0.25, 0.3) is 0 Å². The van der Waals surface area contributed by atoms with E-state index in [0.29, 0.717) is 6.04 Å². The Kier molecular flexibility index (Phi) is 1.36. The van der Waals surface area contributed by atoms with E-state index in [-0.39, 0.29) is 0 Å². The fraction of sp³-hybridized carbons (Fsp3) is 0.333. The van der Waals surface area contributed by atoms with Gasteiger partial charge in [-0.1, -0.05) is 17.7 Å². The van der Waals surface area contributed by atoms with Gasteiger partial charge in [-0.05, 0) is 25.5 Å². The third-order valence-corrected chi connectivity index (χ3v) is 2.10. The van der Waals surface area contributed by atoms with E-state index in [1.54, 1.807) is 0 Å². The van der Waals surface area contributed by atoms with Crippen LogP contribution in [0.4, 0.5) is 5.69 Å². The summed E-state index contributed by atoms with van der Waals surface area (Å²) in [4.78, 5) is 0. The SMILES string of the molecule is Cc1ccc2c(c1)C(C)NN2. The van der Waals surface area contributed by atoms with E-state index in [9.17, 15) is 0 Å². The van der Waals surface area contributed by atoms with Crippen molar-refractivity contribution in [3.05, 3.63) is 29.3 Å². The van der Waals surface area contributed by atoms with Crippen molar-refractivity contribution in [3.63, 3.8) is 0 Å². The van der Waals surface area contributed by atoms with Crippen LogP contribution in [0.15, 0.2) is 18.2 Å². The second-order valence-corrected chi connectivity index (χ2v) is 3.08. The Morgan fingerprint density at radius 3 is 3.00 bits per heavy atom. The molecule has 0 amide bonds. The van der Waals surface area contributed by atoms with Gasteiger partial charge in [0.1, 0.15) is 0 Å². The lowest BCUT2D eigenvalue weighted by atomic mass is 10.1. The highest BCUT2D eigenvalue weighted by molar-refractivity contribution is 5.56. The van der Waals surface area contributed by atoms with Gasteiger partial charge < -0.3 is 5.43 Å². The molecule has 11 heavy (non-hydrogen) atoms. The maximum atomic E-state index is 3.16. The predicted molar refractivity (Wildman–Crippen MR) is 46.4 cm³/mol. The first-order valence-electron chi connectivity index (χ1n) is 3.89. The van der Waals surface area contributed by atoms with Gasteiger partial charge >= 0.3 is 0 Å². The molecule has 1 unspecified atom stereocenters. The molecule has 58 valence electrons. The molecular formula is C9H12N2. The van der Waals surface area contributed by atoms with Crippen LogP contribution in [0.1, 0.15) is 24.1 Å². The zero-order valence-electron chi connectivity index (χ0n) is 6.81. The fourth-order valence-corrected chi connectivity index (χ4v) is 1.42. The van der Waals surface area contributed by atoms with Crippen LogP contribution in [-0.2, 0) is 0 Å². The summed E-state index contributed by atoms with van der Waals surface area (Å²) in [6.45, 7) is 4.27. The molecule has 1 heterocycles. The van der Waals surface area contributed by atoms with Crippen LogP contribution in [0.3, 0.4) is 0 Å². The number of fused-ring (bicyclic) bond motifs is 1. The largest absolute Gasteiger partial charge is 0.321 e. The number of hydrogen-bond donors (Lipinski definition) is 2. The summed E-state index contributed by atoms with van der Waals surface area (Å²) in [6.07, 6.45) is 0. The van der Waals surface area contributed by atoms with Gasteiger partial charge in [-0.15, -0.1) is 0 Å². The molecule has 2 rings (SSSR count). The molecule has 1 aromatic rings. The van der Waals surface area contributed by atoms with E-state index in [2.05, 4.69) is 42.9 Å². The number of hydrazine groups is 1. The Morgan fingerprint density at radius 1 is 1.36 bits per heavy atom. The lowest BCUT2D eigenvalue weighted by molar-refractivity contribution is 0.687. The highest BCUT2D eigenvalue weighted by Gasteiger charge is 2.16. The quantitative estimate of drug-likeness (QED) is 0.588. The first kappa shape index (κ1) is 6.68. The maximum Gasteiger partial charge on any atom is 0.0536 e. The number of hydrogen-bond acceptors (Lipinski definition) is 2. The zero-order valence-corrected chi connectivity index (χ0v) is 6.81. The topological polar surface area (TPSA) is 24.1 Å². The summed E-state index contributed by atoms with van der Waals surface area (Å²) in [6, 6.07) is 6.88. The van der Waals surface area contributed by atoms with Crippen LogP contribution in [-0.4, -0.2) is 0 Å². The van der Waals surface area contributed by atoms with Gasteiger partial charge in [-0.2, -0.15) is 0 Å². The molecule has 0 radical (unpaired) electrons. The van der Waals surface area contributed by atoms with Gasteiger partial charge in [0.15, 0.2) is 0 Å². The minimum absolute atomic E-state index is 0.435. The minimum atomic E-state index is 0.435.